The van der Waals surface area contributed by atoms with Crippen LogP contribution < -0.4 is 5.32 Å². The summed E-state index contributed by atoms with van der Waals surface area (Å²) in [4.78, 5) is 25.1. The highest BCUT2D eigenvalue weighted by atomic mass is 79.9. The number of anilines is 1. The maximum atomic E-state index is 13.1. The van der Waals surface area contributed by atoms with Crippen LogP contribution >= 0.6 is 15.9 Å². The second-order valence-corrected chi connectivity index (χ2v) is 8.60. The molecule has 136 valence electrons. The van der Waals surface area contributed by atoms with Gasteiger partial charge in [0, 0.05) is 11.1 Å². The van der Waals surface area contributed by atoms with Crippen LogP contribution in [0.1, 0.15) is 39.2 Å². The predicted molar refractivity (Wildman–Crippen MR) is 91.4 cm³/mol. The predicted octanol–water partition coefficient (Wildman–Crippen LogP) is 4.80. The Morgan fingerprint density at radius 3 is 2.40 bits per heavy atom. The second kappa shape index (κ2) is 5.32. The summed E-state index contributed by atoms with van der Waals surface area (Å²) in [6, 6.07) is 4.54. The molecule has 2 saturated carbocycles. The Morgan fingerprint density at radius 1 is 1.24 bits per heavy atom. The number of nitrogens with one attached hydrogen (secondary N) is 1. The van der Waals surface area contributed by atoms with Gasteiger partial charge in [-0.05, 0) is 36.5 Å². The number of hydrogen-bond acceptors (Lipinski definition) is 2. The molecule has 3 atom stereocenters. The molecule has 1 N–H and O–H groups in total. The lowest BCUT2D eigenvalue weighted by Crippen LogP contribution is -2.48. The smallest absolute Gasteiger partial charge is 0.326 e. The van der Waals surface area contributed by atoms with Crippen molar-refractivity contribution in [1.29, 1.82) is 0 Å². The highest BCUT2D eigenvalue weighted by Crippen LogP contribution is 2.72. The average Bonchev–Trinajstić information content (AvgIpc) is 2.79. The molecule has 0 heterocycles. The fraction of sp³-hybridized carbons (Fsp3) is 0.556. The summed E-state index contributed by atoms with van der Waals surface area (Å²) in [5.74, 6) is -0.420. The highest BCUT2D eigenvalue weighted by Gasteiger charge is 2.76. The topological polar surface area (TPSA) is 46.2 Å². The van der Waals surface area contributed by atoms with Crippen LogP contribution in [0, 0.1) is 16.2 Å². The Balaban J connectivity index is 1.96. The van der Waals surface area contributed by atoms with Gasteiger partial charge in [-0.25, -0.2) is 0 Å². The lowest BCUT2D eigenvalue weighted by atomic mass is 9.64. The van der Waals surface area contributed by atoms with Gasteiger partial charge < -0.3 is 5.32 Å². The minimum Gasteiger partial charge on any atom is -0.326 e. The molecule has 0 aliphatic heterocycles. The number of alkyl halides is 4. The number of benzene rings is 1. The van der Waals surface area contributed by atoms with Crippen LogP contribution in [0.4, 0.5) is 18.9 Å². The third kappa shape index (κ3) is 2.24. The van der Waals surface area contributed by atoms with Crippen LogP contribution in [0.2, 0.25) is 0 Å². The molecule has 25 heavy (non-hydrogen) atoms. The Labute approximate surface area is 152 Å². The number of amides is 1. The summed E-state index contributed by atoms with van der Waals surface area (Å²) < 4.78 is 38.6. The van der Waals surface area contributed by atoms with Gasteiger partial charge in [-0.2, -0.15) is 13.2 Å². The van der Waals surface area contributed by atoms with Gasteiger partial charge >= 0.3 is 6.18 Å². The number of halogens is 4. The number of hydrogen-bond donors (Lipinski definition) is 1. The Kier molecular flexibility index (Phi) is 3.92. The van der Waals surface area contributed by atoms with E-state index in [4.69, 9.17) is 0 Å². The molecule has 0 aromatic heterocycles. The first-order chi connectivity index (χ1) is 11.4. The van der Waals surface area contributed by atoms with Crippen molar-refractivity contribution in [2.45, 2.75) is 44.6 Å². The van der Waals surface area contributed by atoms with E-state index in [1.807, 2.05) is 20.8 Å². The molecule has 2 aliphatic rings. The quantitative estimate of drug-likeness (QED) is 0.702. The molecule has 0 saturated heterocycles. The van der Waals surface area contributed by atoms with Gasteiger partial charge in [-0.1, -0.05) is 42.8 Å². The van der Waals surface area contributed by atoms with Crippen molar-refractivity contribution in [1.82, 2.24) is 0 Å². The number of carbonyl (C=O) groups excluding carboxylic acids is 2. The first kappa shape index (κ1) is 18.4. The lowest BCUT2D eigenvalue weighted by Gasteiger charge is -2.39. The van der Waals surface area contributed by atoms with E-state index < -0.39 is 38.7 Å². The average molecular weight is 418 g/mol. The number of rotatable bonds is 2. The van der Waals surface area contributed by atoms with Gasteiger partial charge in [0.25, 0.3) is 0 Å². The molecule has 2 aliphatic carbocycles. The van der Waals surface area contributed by atoms with E-state index in [-0.39, 0.29) is 11.5 Å². The van der Waals surface area contributed by atoms with Crippen LogP contribution in [0.15, 0.2) is 24.3 Å². The zero-order chi connectivity index (χ0) is 18.8. The van der Waals surface area contributed by atoms with Crippen LogP contribution in [-0.2, 0) is 15.8 Å². The maximum absolute atomic E-state index is 13.1. The molecule has 2 fully saturated rings. The highest BCUT2D eigenvalue weighted by molar-refractivity contribution is 9.10. The maximum Gasteiger partial charge on any atom is 0.416 e. The number of carbonyl (C=O) groups is 2. The molecule has 3 rings (SSSR count). The molecule has 0 radical (unpaired) electrons. The third-order valence-corrected chi connectivity index (χ3v) is 7.77. The van der Waals surface area contributed by atoms with Gasteiger partial charge in [0.05, 0.1) is 15.8 Å². The summed E-state index contributed by atoms with van der Waals surface area (Å²) in [6.07, 6.45) is -3.37. The molecule has 1 aromatic carbocycles. The zero-order valence-corrected chi connectivity index (χ0v) is 15.7. The van der Waals surface area contributed by atoms with Gasteiger partial charge in [0.15, 0.2) is 5.78 Å². The van der Waals surface area contributed by atoms with Crippen molar-refractivity contribution in [3.63, 3.8) is 0 Å². The SMILES string of the molecule is CC1(C)[C@]2(C(=O)Nc3cccc(C(F)(F)F)c3)CC[C@]1(C)C(=O)[C@H]2Br. The minimum absolute atomic E-state index is 0.0112. The van der Waals surface area contributed by atoms with E-state index >= 15 is 0 Å². The molecule has 0 unspecified atom stereocenters. The van der Waals surface area contributed by atoms with Crippen molar-refractivity contribution >= 4 is 33.3 Å². The van der Waals surface area contributed by atoms with Crippen molar-refractivity contribution in [3.8, 4) is 0 Å². The summed E-state index contributed by atoms with van der Waals surface area (Å²) in [5, 5.41) is 2.62. The summed E-state index contributed by atoms with van der Waals surface area (Å²) in [5.41, 5.74) is -2.94. The zero-order valence-electron chi connectivity index (χ0n) is 14.1. The van der Waals surface area contributed by atoms with E-state index in [1.54, 1.807) is 0 Å². The molecule has 1 amide bonds. The van der Waals surface area contributed by atoms with Gasteiger partial charge in [-0.15, -0.1) is 0 Å². The van der Waals surface area contributed by atoms with Gasteiger partial charge in [0.1, 0.15) is 0 Å². The van der Waals surface area contributed by atoms with Gasteiger partial charge in [-0.3, -0.25) is 9.59 Å². The van der Waals surface area contributed by atoms with E-state index in [9.17, 15) is 22.8 Å². The molecular formula is C18H19BrF3NO2. The van der Waals surface area contributed by atoms with Crippen molar-refractivity contribution in [2.75, 3.05) is 5.32 Å². The largest absolute Gasteiger partial charge is 0.416 e. The number of fused-ring (bicyclic) bond motifs is 2. The van der Waals surface area contributed by atoms with E-state index in [1.165, 1.54) is 12.1 Å². The molecular weight excluding hydrogens is 399 g/mol. The first-order valence-corrected chi connectivity index (χ1v) is 8.96. The number of ketones is 1. The van der Waals surface area contributed by atoms with Crippen molar-refractivity contribution < 1.29 is 22.8 Å². The second-order valence-electron chi connectivity index (χ2n) is 7.69. The Morgan fingerprint density at radius 2 is 1.88 bits per heavy atom. The molecule has 3 nitrogen and oxygen atoms in total. The molecule has 2 bridgehead atoms. The van der Waals surface area contributed by atoms with E-state index in [2.05, 4.69) is 21.2 Å². The summed E-state index contributed by atoms with van der Waals surface area (Å²) in [6.45, 7) is 5.66. The summed E-state index contributed by atoms with van der Waals surface area (Å²) in [7, 11) is 0. The lowest BCUT2D eigenvalue weighted by molar-refractivity contribution is -0.137. The first-order valence-electron chi connectivity index (χ1n) is 8.05. The Bertz CT molecular complexity index is 761. The van der Waals surface area contributed by atoms with Crippen molar-refractivity contribution in [3.05, 3.63) is 29.8 Å². The Hall–Kier alpha value is -1.37. The molecule has 1 aromatic rings. The van der Waals surface area contributed by atoms with Gasteiger partial charge in [0.2, 0.25) is 5.91 Å². The van der Waals surface area contributed by atoms with Crippen LogP contribution in [-0.4, -0.2) is 16.5 Å². The van der Waals surface area contributed by atoms with Crippen LogP contribution in [0.25, 0.3) is 0 Å². The van der Waals surface area contributed by atoms with E-state index in [0.717, 1.165) is 12.1 Å². The van der Waals surface area contributed by atoms with E-state index in [0.29, 0.717) is 12.8 Å². The molecule has 7 heteroatoms. The normalized spacial score (nSPS) is 33.6. The standard InChI is InChI=1S/C18H19BrF3NO2/c1-15(2)16(3)7-8-17(15,12(19)13(16)24)14(25)23-11-6-4-5-10(9-11)18(20,21)22/h4-6,9,12H,7-8H2,1-3H3,(H,23,25)/t12-,16-,17-/m1/s1. The van der Waals surface area contributed by atoms with Crippen LogP contribution in [0.5, 0.6) is 0 Å². The fourth-order valence-electron chi connectivity index (χ4n) is 4.47. The van der Waals surface area contributed by atoms with Crippen molar-refractivity contribution in [2.24, 2.45) is 16.2 Å². The number of Topliss-reactive ketones (excluding diaryl/α,β-unsaturated/α-hetero) is 1. The monoisotopic (exact) mass is 417 g/mol. The molecule has 0 spiro atoms. The fourth-order valence-corrected chi connectivity index (χ4v) is 5.99. The van der Waals surface area contributed by atoms with Crippen LogP contribution in [0.3, 0.4) is 0 Å². The minimum atomic E-state index is -4.48. The third-order valence-electron chi connectivity index (χ3n) is 6.57. The summed E-state index contributed by atoms with van der Waals surface area (Å²) >= 11 is 3.40.